The van der Waals surface area contributed by atoms with E-state index in [4.69, 9.17) is 5.73 Å². The van der Waals surface area contributed by atoms with Crippen LogP contribution in [0.25, 0.3) is 0 Å². The van der Waals surface area contributed by atoms with Crippen LogP contribution < -0.4 is 10.6 Å². The van der Waals surface area contributed by atoms with Crippen LogP contribution in [-0.2, 0) is 6.54 Å². The van der Waals surface area contributed by atoms with Crippen molar-refractivity contribution in [2.75, 3.05) is 17.7 Å². The smallest absolute Gasteiger partial charge is 0.149 e. The first kappa shape index (κ1) is 11.4. The average Bonchev–Trinajstić information content (AvgIpc) is 2.29. The van der Waals surface area contributed by atoms with E-state index in [1.54, 1.807) is 12.3 Å². The van der Waals surface area contributed by atoms with Gasteiger partial charge in [-0.05, 0) is 24.6 Å². The standard InChI is InChI=1S/C13H16N4/c1-10-5-3-4-6-11(10)17(2)9-13-15-8-7-12(14)16-13/h3-8H,9H2,1-2H3,(H2,14,15,16). The van der Waals surface area contributed by atoms with Gasteiger partial charge >= 0.3 is 0 Å². The molecule has 1 aromatic heterocycles. The van der Waals surface area contributed by atoms with Gasteiger partial charge < -0.3 is 10.6 Å². The summed E-state index contributed by atoms with van der Waals surface area (Å²) in [6.07, 6.45) is 1.68. The van der Waals surface area contributed by atoms with Gasteiger partial charge in [0.2, 0.25) is 0 Å². The van der Waals surface area contributed by atoms with E-state index in [-0.39, 0.29) is 0 Å². The number of aromatic nitrogens is 2. The summed E-state index contributed by atoms with van der Waals surface area (Å²) in [6, 6.07) is 9.92. The number of nitrogens with two attached hydrogens (primary N) is 1. The van der Waals surface area contributed by atoms with Gasteiger partial charge in [0.15, 0.2) is 0 Å². The third-order valence-electron chi connectivity index (χ3n) is 2.63. The summed E-state index contributed by atoms with van der Waals surface area (Å²) < 4.78 is 0. The lowest BCUT2D eigenvalue weighted by Gasteiger charge is -2.20. The second-order valence-electron chi connectivity index (χ2n) is 4.04. The van der Waals surface area contributed by atoms with Gasteiger partial charge in [-0.25, -0.2) is 9.97 Å². The molecule has 0 amide bonds. The van der Waals surface area contributed by atoms with Gasteiger partial charge in [-0.15, -0.1) is 0 Å². The molecule has 0 aliphatic rings. The Kier molecular flexibility index (Phi) is 3.23. The Labute approximate surface area is 101 Å². The molecule has 2 aromatic rings. The van der Waals surface area contributed by atoms with Gasteiger partial charge in [-0.3, -0.25) is 0 Å². The summed E-state index contributed by atoms with van der Waals surface area (Å²) >= 11 is 0. The zero-order valence-corrected chi connectivity index (χ0v) is 10.1. The van der Waals surface area contributed by atoms with Crippen LogP contribution in [0.15, 0.2) is 36.5 Å². The molecule has 4 heteroatoms. The molecule has 0 radical (unpaired) electrons. The fraction of sp³-hybridized carbons (Fsp3) is 0.231. The molecule has 0 saturated carbocycles. The molecule has 2 N–H and O–H groups in total. The first-order valence-corrected chi connectivity index (χ1v) is 5.51. The number of hydrogen-bond donors (Lipinski definition) is 1. The molecule has 0 aliphatic carbocycles. The molecule has 1 heterocycles. The fourth-order valence-electron chi connectivity index (χ4n) is 1.78. The zero-order chi connectivity index (χ0) is 12.3. The van der Waals surface area contributed by atoms with Gasteiger partial charge in [-0.1, -0.05) is 18.2 Å². The van der Waals surface area contributed by atoms with Crippen LogP contribution in [-0.4, -0.2) is 17.0 Å². The number of rotatable bonds is 3. The second-order valence-corrected chi connectivity index (χ2v) is 4.04. The molecule has 2 rings (SSSR count). The van der Waals surface area contributed by atoms with Crippen molar-refractivity contribution >= 4 is 11.5 Å². The van der Waals surface area contributed by atoms with Crippen LogP contribution in [0.1, 0.15) is 11.4 Å². The quantitative estimate of drug-likeness (QED) is 0.873. The molecule has 0 bridgehead atoms. The molecule has 0 saturated heterocycles. The van der Waals surface area contributed by atoms with Gasteiger partial charge in [-0.2, -0.15) is 0 Å². The highest BCUT2D eigenvalue weighted by atomic mass is 15.1. The van der Waals surface area contributed by atoms with Crippen LogP contribution >= 0.6 is 0 Å². The molecule has 0 atom stereocenters. The number of benzene rings is 1. The summed E-state index contributed by atoms with van der Waals surface area (Å²) in [5.41, 5.74) is 8.05. The maximum atomic E-state index is 5.63. The largest absolute Gasteiger partial charge is 0.384 e. The highest BCUT2D eigenvalue weighted by Gasteiger charge is 2.06. The minimum atomic E-state index is 0.508. The maximum absolute atomic E-state index is 5.63. The minimum absolute atomic E-state index is 0.508. The lowest BCUT2D eigenvalue weighted by atomic mass is 10.2. The van der Waals surface area contributed by atoms with E-state index in [1.807, 2.05) is 19.2 Å². The third-order valence-corrected chi connectivity index (χ3v) is 2.63. The number of nitrogen functional groups attached to an aromatic ring is 1. The van der Waals surface area contributed by atoms with Crippen molar-refractivity contribution in [1.29, 1.82) is 0 Å². The Morgan fingerprint density at radius 3 is 2.71 bits per heavy atom. The van der Waals surface area contributed by atoms with E-state index < -0.39 is 0 Å². The van der Waals surface area contributed by atoms with Crippen molar-refractivity contribution in [3.8, 4) is 0 Å². The van der Waals surface area contributed by atoms with Gasteiger partial charge in [0.05, 0.1) is 6.54 Å². The normalized spacial score (nSPS) is 10.2. The fourth-order valence-corrected chi connectivity index (χ4v) is 1.78. The maximum Gasteiger partial charge on any atom is 0.149 e. The molecule has 0 spiro atoms. The van der Waals surface area contributed by atoms with Gasteiger partial charge in [0.1, 0.15) is 11.6 Å². The van der Waals surface area contributed by atoms with Crippen LogP contribution in [0.4, 0.5) is 11.5 Å². The van der Waals surface area contributed by atoms with E-state index in [0.717, 1.165) is 5.82 Å². The van der Waals surface area contributed by atoms with Crippen molar-refractivity contribution < 1.29 is 0 Å². The Hall–Kier alpha value is -2.10. The highest BCUT2D eigenvalue weighted by molar-refractivity contribution is 5.52. The van der Waals surface area contributed by atoms with E-state index >= 15 is 0 Å². The molecule has 4 nitrogen and oxygen atoms in total. The van der Waals surface area contributed by atoms with E-state index in [2.05, 4.69) is 33.9 Å². The predicted octanol–water partition coefficient (Wildman–Crippen LogP) is 2.00. The number of hydrogen-bond acceptors (Lipinski definition) is 4. The molecule has 88 valence electrons. The lowest BCUT2D eigenvalue weighted by molar-refractivity contribution is 0.837. The summed E-state index contributed by atoms with van der Waals surface area (Å²) in [7, 11) is 2.02. The van der Waals surface area contributed by atoms with Gasteiger partial charge in [0, 0.05) is 18.9 Å². The van der Waals surface area contributed by atoms with E-state index in [9.17, 15) is 0 Å². The average molecular weight is 228 g/mol. The van der Waals surface area contributed by atoms with Crippen molar-refractivity contribution in [3.05, 3.63) is 47.9 Å². The zero-order valence-electron chi connectivity index (χ0n) is 10.1. The molecule has 1 aromatic carbocycles. The van der Waals surface area contributed by atoms with Crippen molar-refractivity contribution in [1.82, 2.24) is 9.97 Å². The number of para-hydroxylation sites is 1. The minimum Gasteiger partial charge on any atom is -0.384 e. The molecule has 17 heavy (non-hydrogen) atoms. The Morgan fingerprint density at radius 2 is 2.00 bits per heavy atom. The van der Waals surface area contributed by atoms with Crippen LogP contribution in [0.3, 0.4) is 0 Å². The molecular formula is C13H16N4. The summed E-state index contributed by atoms with van der Waals surface area (Å²) in [5, 5.41) is 0. The number of nitrogens with zero attached hydrogens (tertiary/aromatic N) is 3. The summed E-state index contributed by atoms with van der Waals surface area (Å²) in [4.78, 5) is 10.5. The number of aryl methyl sites for hydroxylation is 1. The molecule has 0 fully saturated rings. The summed E-state index contributed by atoms with van der Waals surface area (Å²) in [6.45, 7) is 2.74. The van der Waals surface area contributed by atoms with Gasteiger partial charge in [0.25, 0.3) is 0 Å². The van der Waals surface area contributed by atoms with Crippen LogP contribution in [0.5, 0.6) is 0 Å². The number of anilines is 2. The molecule has 0 aliphatic heterocycles. The first-order chi connectivity index (χ1) is 8.16. The molecular weight excluding hydrogens is 212 g/mol. The Bertz CT molecular complexity index is 510. The Balaban J connectivity index is 2.17. The van der Waals surface area contributed by atoms with Crippen molar-refractivity contribution in [3.63, 3.8) is 0 Å². The third kappa shape index (κ3) is 2.72. The van der Waals surface area contributed by atoms with Crippen molar-refractivity contribution in [2.45, 2.75) is 13.5 Å². The van der Waals surface area contributed by atoms with Crippen LogP contribution in [0, 0.1) is 6.92 Å². The summed E-state index contributed by atoms with van der Waals surface area (Å²) in [5.74, 6) is 1.24. The SMILES string of the molecule is Cc1ccccc1N(C)Cc1nccc(N)n1. The predicted molar refractivity (Wildman–Crippen MR) is 69.7 cm³/mol. The lowest BCUT2D eigenvalue weighted by Crippen LogP contribution is -2.19. The Morgan fingerprint density at radius 1 is 1.24 bits per heavy atom. The monoisotopic (exact) mass is 228 g/mol. The van der Waals surface area contributed by atoms with E-state index in [0.29, 0.717) is 12.4 Å². The van der Waals surface area contributed by atoms with E-state index in [1.165, 1.54) is 11.3 Å². The van der Waals surface area contributed by atoms with Crippen molar-refractivity contribution in [2.24, 2.45) is 0 Å². The topological polar surface area (TPSA) is 55.0 Å². The molecule has 0 unspecified atom stereocenters. The van der Waals surface area contributed by atoms with Crippen LogP contribution in [0.2, 0.25) is 0 Å². The highest BCUT2D eigenvalue weighted by Crippen LogP contribution is 2.18. The first-order valence-electron chi connectivity index (χ1n) is 5.51. The second kappa shape index (κ2) is 4.82.